The summed E-state index contributed by atoms with van der Waals surface area (Å²) < 4.78 is 0. The fourth-order valence-corrected chi connectivity index (χ4v) is 3.38. The topological polar surface area (TPSA) is 80.0 Å². The maximum absolute atomic E-state index is 12.1. The molecule has 0 aliphatic rings. The summed E-state index contributed by atoms with van der Waals surface area (Å²) in [5.41, 5.74) is 12.7. The normalized spacial score (nSPS) is 10.8. The monoisotopic (exact) mass is 434 g/mol. The Hall–Kier alpha value is -4.38. The summed E-state index contributed by atoms with van der Waals surface area (Å²) in [5.74, 6) is -0.217. The molecule has 164 valence electrons. The van der Waals surface area contributed by atoms with Gasteiger partial charge < -0.3 is 16.4 Å². The molecule has 3 aromatic carbocycles. The van der Waals surface area contributed by atoms with Gasteiger partial charge in [0.25, 0.3) is 0 Å². The van der Waals surface area contributed by atoms with E-state index in [1.165, 1.54) is 17.2 Å². The number of nitrogens with zero attached hydrogens (tertiary/aromatic N) is 1. The van der Waals surface area contributed by atoms with Crippen LogP contribution in [-0.2, 0) is 17.8 Å². The number of nitrogens with two attached hydrogens (primary N) is 1. The lowest BCUT2D eigenvalue weighted by Crippen LogP contribution is -2.09. The van der Waals surface area contributed by atoms with Gasteiger partial charge in [0.05, 0.1) is 11.4 Å². The standard InChI is InChI=1S/C28H26N4O/c29-26-3-1-2-4-27(26)32-28(33)14-11-21-5-7-24(8-6-21)20-31-25-12-9-22(10-13-25)19-23-15-17-30-18-16-23/h1-18,31H,19-20,29H2,(H,32,33)/b14-11-. The number of hydrogen-bond acceptors (Lipinski definition) is 4. The lowest BCUT2D eigenvalue weighted by Gasteiger charge is -2.08. The van der Waals surface area contributed by atoms with Crippen LogP contribution in [0.1, 0.15) is 22.3 Å². The van der Waals surface area contributed by atoms with Gasteiger partial charge in [0.1, 0.15) is 0 Å². The first-order chi connectivity index (χ1) is 16.2. The van der Waals surface area contributed by atoms with E-state index in [0.717, 1.165) is 29.8 Å². The predicted octanol–water partition coefficient (Wildman–Crippen LogP) is 5.52. The van der Waals surface area contributed by atoms with Crippen molar-refractivity contribution >= 4 is 29.0 Å². The molecule has 0 spiro atoms. The number of para-hydroxylation sites is 2. The number of hydrogen-bond donors (Lipinski definition) is 3. The summed E-state index contributed by atoms with van der Waals surface area (Å²) in [6.07, 6.45) is 7.83. The molecular formula is C28H26N4O. The van der Waals surface area contributed by atoms with Crippen molar-refractivity contribution < 1.29 is 4.79 Å². The van der Waals surface area contributed by atoms with Gasteiger partial charge in [0, 0.05) is 30.7 Å². The lowest BCUT2D eigenvalue weighted by molar-refractivity contribution is -0.111. The van der Waals surface area contributed by atoms with E-state index in [4.69, 9.17) is 5.73 Å². The third-order valence-corrected chi connectivity index (χ3v) is 5.23. The Morgan fingerprint density at radius 3 is 2.21 bits per heavy atom. The second-order valence-electron chi connectivity index (χ2n) is 7.73. The highest BCUT2D eigenvalue weighted by Gasteiger charge is 2.01. The van der Waals surface area contributed by atoms with Crippen LogP contribution in [0, 0.1) is 0 Å². The van der Waals surface area contributed by atoms with Crippen molar-refractivity contribution in [1.29, 1.82) is 0 Å². The van der Waals surface area contributed by atoms with E-state index in [2.05, 4.69) is 52.0 Å². The fourth-order valence-electron chi connectivity index (χ4n) is 3.38. The SMILES string of the molecule is Nc1ccccc1NC(=O)/C=C\c1ccc(CNc2ccc(Cc3ccncc3)cc2)cc1. The summed E-state index contributed by atoms with van der Waals surface area (Å²) in [4.78, 5) is 16.2. The number of anilines is 3. The van der Waals surface area contributed by atoms with Crippen molar-refractivity contribution in [2.24, 2.45) is 0 Å². The molecule has 0 atom stereocenters. The zero-order chi connectivity index (χ0) is 22.9. The summed E-state index contributed by atoms with van der Waals surface area (Å²) in [5, 5.41) is 6.23. The first-order valence-electron chi connectivity index (χ1n) is 10.8. The number of aromatic nitrogens is 1. The highest BCUT2D eigenvalue weighted by atomic mass is 16.1. The van der Waals surface area contributed by atoms with Crippen LogP contribution in [-0.4, -0.2) is 10.9 Å². The third-order valence-electron chi connectivity index (χ3n) is 5.23. The molecule has 0 aliphatic heterocycles. The van der Waals surface area contributed by atoms with Gasteiger partial charge in [0.15, 0.2) is 0 Å². The van der Waals surface area contributed by atoms with Crippen LogP contribution in [0.25, 0.3) is 6.08 Å². The van der Waals surface area contributed by atoms with E-state index in [1.807, 2.05) is 48.8 Å². The summed E-state index contributed by atoms with van der Waals surface area (Å²) >= 11 is 0. The predicted molar refractivity (Wildman–Crippen MR) is 136 cm³/mol. The highest BCUT2D eigenvalue weighted by molar-refractivity contribution is 6.03. The van der Waals surface area contributed by atoms with Gasteiger partial charge >= 0.3 is 0 Å². The van der Waals surface area contributed by atoms with Crippen LogP contribution in [0.4, 0.5) is 17.1 Å². The molecule has 0 fully saturated rings. The molecule has 0 unspecified atom stereocenters. The number of rotatable bonds is 8. The average molecular weight is 435 g/mol. The van der Waals surface area contributed by atoms with E-state index >= 15 is 0 Å². The van der Waals surface area contributed by atoms with Crippen molar-refractivity contribution in [2.45, 2.75) is 13.0 Å². The van der Waals surface area contributed by atoms with Gasteiger partial charge in [-0.1, -0.05) is 48.5 Å². The highest BCUT2D eigenvalue weighted by Crippen LogP contribution is 2.17. The molecule has 0 saturated carbocycles. The average Bonchev–Trinajstić information content (AvgIpc) is 2.85. The molecule has 5 heteroatoms. The molecule has 4 aromatic rings. The van der Waals surface area contributed by atoms with Crippen LogP contribution in [0.3, 0.4) is 0 Å². The summed E-state index contributed by atoms with van der Waals surface area (Å²) in [6, 6.07) is 27.9. The van der Waals surface area contributed by atoms with E-state index in [0.29, 0.717) is 11.4 Å². The second-order valence-corrected chi connectivity index (χ2v) is 7.73. The molecule has 1 heterocycles. The van der Waals surface area contributed by atoms with Gasteiger partial charge in [-0.2, -0.15) is 0 Å². The van der Waals surface area contributed by atoms with Gasteiger partial charge in [0.2, 0.25) is 5.91 Å². The van der Waals surface area contributed by atoms with Crippen LogP contribution in [0.5, 0.6) is 0 Å². The maximum Gasteiger partial charge on any atom is 0.248 e. The minimum atomic E-state index is -0.217. The minimum Gasteiger partial charge on any atom is -0.397 e. The Morgan fingerprint density at radius 2 is 1.48 bits per heavy atom. The maximum atomic E-state index is 12.1. The lowest BCUT2D eigenvalue weighted by atomic mass is 10.1. The molecule has 0 saturated heterocycles. The van der Waals surface area contributed by atoms with E-state index in [9.17, 15) is 4.79 Å². The van der Waals surface area contributed by atoms with E-state index in [1.54, 1.807) is 18.2 Å². The number of pyridine rings is 1. The van der Waals surface area contributed by atoms with Gasteiger partial charge in [-0.3, -0.25) is 9.78 Å². The fraction of sp³-hybridized carbons (Fsp3) is 0.0714. The van der Waals surface area contributed by atoms with Gasteiger partial charge in [-0.05, 0) is 71.1 Å². The van der Waals surface area contributed by atoms with Crippen molar-refractivity contribution in [3.05, 3.63) is 126 Å². The Balaban J connectivity index is 1.26. The van der Waals surface area contributed by atoms with Crippen LogP contribution in [0.15, 0.2) is 103 Å². The number of carbonyl (C=O) groups excluding carboxylic acids is 1. The number of amides is 1. The smallest absolute Gasteiger partial charge is 0.248 e. The van der Waals surface area contributed by atoms with E-state index in [-0.39, 0.29) is 5.91 Å². The zero-order valence-electron chi connectivity index (χ0n) is 18.2. The molecule has 1 aromatic heterocycles. The van der Waals surface area contributed by atoms with Gasteiger partial charge in [-0.15, -0.1) is 0 Å². The molecular weight excluding hydrogens is 408 g/mol. The van der Waals surface area contributed by atoms with Crippen LogP contribution < -0.4 is 16.4 Å². The molecule has 0 aliphatic carbocycles. The first-order valence-corrected chi connectivity index (χ1v) is 10.8. The Morgan fingerprint density at radius 1 is 0.818 bits per heavy atom. The molecule has 0 radical (unpaired) electrons. The summed E-state index contributed by atoms with van der Waals surface area (Å²) in [6.45, 7) is 0.724. The molecule has 4 rings (SSSR count). The molecule has 33 heavy (non-hydrogen) atoms. The van der Waals surface area contributed by atoms with Crippen molar-refractivity contribution in [2.75, 3.05) is 16.4 Å². The molecule has 0 bridgehead atoms. The Labute approximate surface area is 194 Å². The van der Waals surface area contributed by atoms with Crippen molar-refractivity contribution in [1.82, 2.24) is 4.98 Å². The zero-order valence-corrected chi connectivity index (χ0v) is 18.2. The van der Waals surface area contributed by atoms with Gasteiger partial charge in [-0.25, -0.2) is 0 Å². The number of benzene rings is 3. The minimum absolute atomic E-state index is 0.217. The number of nitrogen functional groups attached to an aromatic ring is 1. The van der Waals surface area contributed by atoms with Crippen molar-refractivity contribution in [3.8, 4) is 0 Å². The van der Waals surface area contributed by atoms with Crippen molar-refractivity contribution in [3.63, 3.8) is 0 Å². The van der Waals surface area contributed by atoms with Crippen LogP contribution in [0.2, 0.25) is 0 Å². The molecule has 5 nitrogen and oxygen atoms in total. The Kier molecular flexibility index (Phi) is 7.13. The molecule has 4 N–H and O–H groups in total. The number of carbonyl (C=O) groups is 1. The first kappa shape index (κ1) is 21.8. The molecule has 1 amide bonds. The van der Waals surface area contributed by atoms with E-state index < -0.39 is 0 Å². The quantitative estimate of drug-likeness (QED) is 0.252. The van der Waals surface area contributed by atoms with Crippen LogP contribution >= 0.6 is 0 Å². The Bertz CT molecular complexity index is 1220. The summed E-state index contributed by atoms with van der Waals surface area (Å²) in [7, 11) is 0. The number of nitrogens with one attached hydrogen (secondary N) is 2. The second kappa shape index (κ2) is 10.8. The third kappa shape index (κ3) is 6.55. The largest absolute Gasteiger partial charge is 0.397 e.